The number of nitrogens with zero attached hydrogens (tertiary/aromatic N) is 4. The van der Waals surface area contributed by atoms with Crippen molar-refractivity contribution in [3.05, 3.63) is 52.3 Å². The van der Waals surface area contributed by atoms with E-state index in [4.69, 9.17) is 0 Å². The molecule has 0 unspecified atom stereocenters. The SMILES string of the molecule is CN=C(NCCNc1ccc(S(C)(=O)=O)cc1[N+](=O)[O-])N(C)Cc1cccn1C. The second kappa shape index (κ2) is 9.41. The molecule has 0 saturated carbocycles. The third-order valence-corrected chi connectivity index (χ3v) is 5.45. The van der Waals surface area contributed by atoms with Crippen molar-refractivity contribution in [1.82, 2.24) is 14.8 Å². The number of benzene rings is 1. The van der Waals surface area contributed by atoms with E-state index in [2.05, 4.69) is 15.6 Å². The molecule has 158 valence electrons. The first-order chi connectivity index (χ1) is 13.6. The second-order valence-corrected chi connectivity index (χ2v) is 8.59. The van der Waals surface area contributed by atoms with Gasteiger partial charge in [-0.25, -0.2) is 8.42 Å². The van der Waals surface area contributed by atoms with Crippen molar-refractivity contribution in [2.24, 2.45) is 12.0 Å². The number of hydrogen-bond acceptors (Lipinski definition) is 6. The second-order valence-electron chi connectivity index (χ2n) is 6.58. The van der Waals surface area contributed by atoms with Crippen LogP contribution in [0.1, 0.15) is 5.69 Å². The van der Waals surface area contributed by atoms with Crippen molar-refractivity contribution < 1.29 is 13.3 Å². The summed E-state index contributed by atoms with van der Waals surface area (Å²) in [5.41, 5.74) is 1.12. The van der Waals surface area contributed by atoms with Gasteiger partial charge in [-0.1, -0.05) is 0 Å². The molecule has 0 spiro atoms. The Balaban J connectivity index is 1.95. The van der Waals surface area contributed by atoms with Crippen molar-refractivity contribution in [2.75, 3.05) is 38.8 Å². The predicted octanol–water partition coefficient (Wildman–Crippen LogP) is 1.46. The molecule has 1 aromatic carbocycles. The number of rotatable bonds is 8. The fourth-order valence-corrected chi connectivity index (χ4v) is 3.42. The van der Waals surface area contributed by atoms with Crippen LogP contribution < -0.4 is 10.6 Å². The summed E-state index contributed by atoms with van der Waals surface area (Å²) in [6.07, 6.45) is 2.99. The van der Waals surface area contributed by atoms with Gasteiger partial charge < -0.3 is 20.1 Å². The normalized spacial score (nSPS) is 11.9. The fraction of sp³-hybridized carbons (Fsp3) is 0.389. The lowest BCUT2D eigenvalue weighted by Gasteiger charge is -2.22. The van der Waals surface area contributed by atoms with Crippen molar-refractivity contribution in [1.29, 1.82) is 0 Å². The van der Waals surface area contributed by atoms with Gasteiger partial charge in [-0.15, -0.1) is 0 Å². The van der Waals surface area contributed by atoms with Gasteiger partial charge in [-0.3, -0.25) is 15.1 Å². The third-order valence-electron chi connectivity index (χ3n) is 4.34. The minimum Gasteiger partial charge on any atom is -0.378 e. The largest absolute Gasteiger partial charge is 0.378 e. The van der Waals surface area contributed by atoms with Crippen molar-refractivity contribution >= 4 is 27.2 Å². The monoisotopic (exact) mass is 422 g/mol. The Morgan fingerprint density at radius 1 is 1.31 bits per heavy atom. The Hall–Kier alpha value is -3.08. The predicted molar refractivity (Wildman–Crippen MR) is 113 cm³/mol. The van der Waals surface area contributed by atoms with Gasteiger partial charge in [-0.05, 0) is 24.3 Å². The highest BCUT2D eigenvalue weighted by Gasteiger charge is 2.18. The number of aryl methyl sites for hydroxylation is 1. The summed E-state index contributed by atoms with van der Waals surface area (Å²) in [5, 5.41) is 17.4. The zero-order valence-electron chi connectivity index (χ0n) is 16.9. The Kier molecular flexibility index (Phi) is 7.21. The summed E-state index contributed by atoms with van der Waals surface area (Å²) in [5.74, 6) is 0.690. The summed E-state index contributed by atoms with van der Waals surface area (Å²) in [7, 11) is 2.07. The molecule has 0 atom stereocenters. The van der Waals surface area contributed by atoms with Crippen LogP contribution in [-0.4, -0.2) is 62.2 Å². The van der Waals surface area contributed by atoms with Gasteiger partial charge in [0.25, 0.3) is 5.69 Å². The first-order valence-corrected chi connectivity index (χ1v) is 10.8. The van der Waals surface area contributed by atoms with E-state index in [1.807, 2.05) is 41.9 Å². The van der Waals surface area contributed by atoms with Gasteiger partial charge in [0.2, 0.25) is 0 Å². The molecule has 0 aliphatic rings. The molecular formula is C18H26N6O4S. The Bertz CT molecular complexity index is 1000. The number of guanidine groups is 1. The number of aromatic nitrogens is 1. The number of nitrogens with one attached hydrogen (secondary N) is 2. The number of nitro benzene ring substituents is 1. The molecule has 2 N–H and O–H groups in total. The standard InChI is InChI=1S/C18H26N6O4S/c1-19-18(23(3)13-14-6-5-11-22(14)2)21-10-9-20-16-8-7-15(29(4,27)28)12-17(16)24(25)26/h5-8,11-12,20H,9-10,13H2,1-4H3,(H,19,21). The van der Waals surface area contributed by atoms with E-state index < -0.39 is 14.8 Å². The highest BCUT2D eigenvalue weighted by Crippen LogP contribution is 2.27. The molecule has 10 nitrogen and oxygen atoms in total. The van der Waals surface area contributed by atoms with Crippen LogP contribution in [0.5, 0.6) is 0 Å². The minimum absolute atomic E-state index is 0.0874. The van der Waals surface area contributed by atoms with E-state index in [1.54, 1.807) is 7.05 Å². The van der Waals surface area contributed by atoms with Crippen LogP contribution in [-0.2, 0) is 23.4 Å². The zero-order valence-corrected chi connectivity index (χ0v) is 17.7. The summed E-state index contributed by atoms with van der Waals surface area (Å²) in [6, 6.07) is 7.84. The molecule has 0 fully saturated rings. The maximum Gasteiger partial charge on any atom is 0.293 e. The Labute approximate surface area is 170 Å². The van der Waals surface area contributed by atoms with Gasteiger partial charge in [-0.2, -0.15) is 0 Å². The average Bonchev–Trinajstić information content (AvgIpc) is 3.05. The van der Waals surface area contributed by atoms with Crippen molar-refractivity contribution in [3.8, 4) is 0 Å². The van der Waals surface area contributed by atoms with E-state index >= 15 is 0 Å². The average molecular weight is 423 g/mol. The molecule has 0 bridgehead atoms. The summed E-state index contributed by atoms with van der Waals surface area (Å²) in [4.78, 5) is 16.8. The molecule has 29 heavy (non-hydrogen) atoms. The molecule has 2 aromatic rings. The quantitative estimate of drug-likeness (QED) is 0.217. The molecule has 1 aromatic heterocycles. The fourth-order valence-electron chi connectivity index (χ4n) is 2.78. The molecule has 0 radical (unpaired) electrons. The van der Waals surface area contributed by atoms with E-state index in [0.717, 1.165) is 18.0 Å². The van der Waals surface area contributed by atoms with Gasteiger partial charge in [0, 0.05) is 58.4 Å². The molecule has 0 saturated heterocycles. The van der Waals surface area contributed by atoms with Gasteiger partial charge >= 0.3 is 0 Å². The number of anilines is 1. The smallest absolute Gasteiger partial charge is 0.293 e. The Morgan fingerprint density at radius 2 is 2.03 bits per heavy atom. The lowest BCUT2D eigenvalue weighted by molar-refractivity contribution is -0.384. The number of hydrogen-bond donors (Lipinski definition) is 2. The van der Waals surface area contributed by atoms with Crippen molar-refractivity contribution in [2.45, 2.75) is 11.4 Å². The number of nitro groups is 1. The lowest BCUT2D eigenvalue weighted by atomic mass is 10.2. The molecule has 2 rings (SSSR count). The maximum atomic E-state index is 11.6. The van der Waals surface area contributed by atoms with Crippen LogP contribution in [0.3, 0.4) is 0 Å². The van der Waals surface area contributed by atoms with Gasteiger partial charge in [0.1, 0.15) is 5.69 Å². The van der Waals surface area contributed by atoms with E-state index in [9.17, 15) is 18.5 Å². The zero-order chi connectivity index (χ0) is 21.6. The van der Waals surface area contributed by atoms with Crippen LogP contribution in [0.15, 0.2) is 46.4 Å². The highest BCUT2D eigenvalue weighted by atomic mass is 32.2. The molecule has 0 aliphatic carbocycles. The lowest BCUT2D eigenvalue weighted by Crippen LogP contribution is -2.40. The summed E-state index contributed by atoms with van der Waals surface area (Å²) in [6.45, 7) is 1.53. The number of sulfone groups is 1. The van der Waals surface area contributed by atoms with Gasteiger partial charge in [0.05, 0.1) is 16.4 Å². The minimum atomic E-state index is -3.52. The first kappa shape index (κ1) is 22.2. The van der Waals surface area contributed by atoms with Crippen LogP contribution in [0.4, 0.5) is 11.4 Å². The van der Waals surface area contributed by atoms with Gasteiger partial charge in [0.15, 0.2) is 15.8 Å². The maximum absolute atomic E-state index is 11.6. The topological polar surface area (TPSA) is 122 Å². The van der Waals surface area contributed by atoms with Crippen LogP contribution in [0.25, 0.3) is 0 Å². The number of aliphatic imine (C=N–C) groups is 1. The molecule has 0 aliphatic heterocycles. The van der Waals surface area contributed by atoms with Crippen LogP contribution in [0, 0.1) is 10.1 Å². The van der Waals surface area contributed by atoms with E-state index in [0.29, 0.717) is 25.6 Å². The van der Waals surface area contributed by atoms with Crippen LogP contribution >= 0.6 is 0 Å². The highest BCUT2D eigenvalue weighted by molar-refractivity contribution is 7.90. The van der Waals surface area contributed by atoms with E-state index in [-0.39, 0.29) is 16.3 Å². The Morgan fingerprint density at radius 3 is 2.59 bits per heavy atom. The van der Waals surface area contributed by atoms with E-state index in [1.165, 1.54) is 12.1 Å². The molecule has 1 heterocycles. The third kappa shape index (κ3) is 5.95. The summed E-state index contributed by atoms with van der Waals surface area (Å²) >= 11 is 0. The molecule has 0 amide bonds. The van der Waals surface area contributed by atoms with Crippen LogP contribution in [0.2, 0.25) is 0 Å². The van der Waals surface area contributed by atoms with Crippen molar-refractivity contribution in [3.63, 3.8) is 0 Å². The summed E-state index contributed by atoms with van der Waals surface area (Å²) < 4.78 is 25.3. The molecular weight excluding hydrogens is 396 g/mol. The first-order valence-electron chi connectivity index (χ1n) is 8.88. The molecule has 11 heteroatoms.